The lowest BCUT2D eigenvalue weighted by Gasteiger charge is -2.19. The predicted molar refractivity (Wildman–Crippen MR) is 124 cm³/mol. The van der Waals surface area contributed by atoms with Gasteiger partial charge in [-0.15, -0.1) is 10.2 Å². The number of benzene rings is 2. The Labute approximate surface area is 196 Å². The number of hydrogen-bond donors (Lipinski definition) is 1. The maximum Gasteiger partial charge on any atom is 0.237 e. The van der Waals surface area contributed by atoms with Gasteiger partial charge in [-0.2, -0.15) is 0 Å². The highest BCUT2D eigenvalue weighted by Crippen LogP contribution is 2.29. The van der Waals surface area contributed by atoms with E-state index in [4.69, 9.17) is 14.2 Å². The van der Waals surface area contributed by atoms with E-state index >= 15 is 0 Å². The smallest absolute Gasteiger partial charge is 0.237 e. The highest BCUT2D eigenvalue weighted by molar-refractivity contribution is 8.00. The summed E-state index contributed by atoms with van der Waals surface area (Å²) in [5.74, 6) is 0.549. The van der Waals surface area contributed by atoms with E-state index in [9.17, 15) is 9.18 Å². The van der Waals surface area contributed by atoms with Crippen molar-refractivity contribution in [3.8, 4) is 11.5 Å². The molecule has 10 heteroatoms. The lowest BCUT2D eigenvalue weighted by molar-refractivity contribution is -0.115. The third-order valence-corrected chi connectivity index (χ3v) is 5.85. The van der Waals surface area contributed by atoms with Gasteiger partial charge in [0, 0.05) is 7.11 Å². The Bertz CT molecular complexity index is 1080. The molecule has 2 atom stereocenters. The molecule has 2 aromatic carbocycles. The molecule has 0 bridgehead atoms. The summed E-state index contributed by atoms with van der Waals surface area (Å²) in [6.45, 7) is 4.15. The number of nitrogens with zero attached hydrogens (tertiary/aromatic N) is 3. The van der Waals surface area contributed by atoms with Gasteiger partial charge in [-0.3, -0.25) is 9.36 Å². The molecule has 1 N–H and O–H groups in total. The summed E-state index contributed by atoms with van der Waals surface area (Å²) in [6.07, 6.45) is 0. The lowest BCUT2D eigenvalue weighted by Crippen LogP contribution is -2.24. The average molecular weight is 475 g/mol. The second-order valence-electron chi connectivity index (χ2n) is 7.24. The van der Waals surface area contributed by atoms with E-state index < -0.39 is 11.1 Å². The monoisotopic (exact) mass is 474 g/mol. The van der Waals surface area contributed by atoms with E-state index in [1.165, 1.54) is 17.8 Å². The van der Waals surface area contributed by atoms with Crippen molar-refractivity contribution in [3.63, 3.8) is 0 Å². The van der Waals surface area contributed by atoms with Crippen molar-refractivity contribution >= 4 is 23.4 Å². The van der Waals surface area contributed by atoms with Crippen LogP contribution < -0.4 is 14.8 Å². The second kappa shape index (κ2) is 11.7. The third-order valence-electron chi connectivity index (χ3n) is 4.79. The zero-order valence-corrected chi connectivity index (χ0v) is 19.8. The summed E-state index contributed by atoms with van der Waals surface area (Å²) in [7, 11) is 3.15. The molecule has 0 saturated carbocycles. The topological polar surface area (TPSA) is 87.5 Å². The molecule has 33 heavy (non-hydrogen) atoms. The fourth-order valence-corrected chi connectivity index (χ4v) is 4.11. The first-order valence-corrected chi connectivity index (χ1v) is 11.2. The quantitative estimate of drug-likeness (QED) is 0.414. The van der Waals surface area contributed by atoms with Crippen LogP contribution in [0.1, 0.15) is 25.7 Å². The summed E-state index contributed by atoms with van der Waals surface area (Å²) in [4.78, 5) is 12.8. The van der Waals surface area contributed by atoms with Crippen LogP contribution in [0.4, 0.5) is 10.1 Å². The zero-order chi connectivity index (χ0) is 23.8. The van der Waals surface area contributed by atoms with Gasteiger partial charge in [-0.25, -0.2) is 4.39 Å². The normalized spacial score (nSPS) is 12.8. The zero-order valence-electron chi connectivity index (χ0n) is 18.9. The molecule has 0 saturated heterocycles. The number of rotatable bonds is 11. The van der Waals surface area contributed by atoms with Crippen LogP contribution in [0.15, 0.2) is 53.7 Å². The molecule has 1 amide bonds. The first-order chi connectivity index (χ1) is 15.9. The largest absolute Gasteiger partial charge is 0.495 e. The van der Waals surface area contributed by atoms with Gasteiger partial charge >= 0.3 is 0 Å². The van der Waals surface area contributed by atoms with Crippen molar-refractivity contribution in [3.05, 3.63) is 60.2 Å². The number of para-hydroxylation sites is 3. The molecule has 0 unspecified atom stereocenters. The number of ether oxygens (including phenoxy) is 3. The fraction of sp³-hybridized carbons (Fsp3) is 0.348. The summed E-state index contributed by atoms with van der Waals surface area (Å²) >= 11 is 1.26. The third kappa shape index (κ3) is 6.23. The van der Waals surface area contributed by atoms with E-state index in [2.05, 4.69) is 15.5 Å². The van der Waals surface area contributed by atoms with Crippen LogP contribution >= 0.6 is 11.8 Å². The lowest BCUT2D eigenvalue weighted by atomic mass is 10.3. The Morgan fingerprint density at radius 2 is 1.79 bits per heavy atom. The van der Waals surface area contributed by atoms with Crippen LogP contribution in [0, 0.1) is 5.82 Å². The highest BCUT2D eigenvalue weighted by Gasteiger charge is 2.24. The Hall–Kier alpha value is -3.11. The molecule has 8 nitrogen and oxygen atoms in total. The molecule has 0 spiro atoms. The molecule has 176 valence electrons. The Morgan fingerprint density at radius 3 is 2.48 bits per heavy atom. The van der Waals surface area contributed by atoms with E-state index in [0.717, 1.165) is 0 Å². The summed E-state index contributed by atoms with van der Waals surface area (Å²) in [5, 5.41) is 11.4. The SMILES string of the molecule is COC[C@@H](C)n1c(COc2ccccc2F)nnc1S[C@H](C)C(=O)Nc1ccccc1OC. The number of methoxy groups -OCH3 is 2. The fourth-order valence-electron chi connectivity index (χ4n) is 3.14. The van der Waals surface area contributed by atoms with Crippen molar-refractivity contribution in [1.29, 1.82) is 0 Å². The molecule has 0 aliphatic heterocycles. The Kier molecular flexibility index (Phi) is 8.67. The van der Waals surface area contributed by atoms with Crippen molar-refractivity contribution in [1.82, 2.24) is 14.8 Å². The van der Waals surface area contributed by atoms with Crippen molar-refractivity contribution < 1.29 is 23.4 Å². The summed E-state index contributed by atoms with van der Waals surface area (Å²) in [6, 6.07) is 13.2. The molecule has 0 aliphatic rings. The number of hydrogen-bond acceptors (Lipinski definition) is 7. The standard InChI is InChI=1S/C23H27FN4O4S/c1-15(13-30-3)28-21(14-32-19-11-7-5-9-17(19)24)26-27-23(28)33-16(2)22(29)25-18-10-6-8-12-20(18)31-4/h5-12,15-16H,13-14H2,1-4H3,(H,25,29)/t15-,16-/m1/s1. The molecule has 1 heterocycles. The molecule has 0 radical (unpaired) electrons. The minimum Gasteiger partial charge on any atom is -0.495 e. The number of anilines is 1. The first kappa shape index (κ1) is 24.5. The number of nitrogens with one attached hydrogen (secondary N) is 1. The molecule has 0 fully saturated rings. The van der Waals surface area contributed by atoms with Crippen LogP contribution in [0.2, 0.25) is 0 Å². The minimum absolute atomic E-state index is 0.0182. The minimum atomic E-state index is -0.479. The van der Waals surface area contributed by atoms with Crippen LogP contribution in [0.25, 0.3) is 0 Å². The van der Waals surface area contributed by atoms with Gasteiger partial charge in [0.1, 0.15) is 12.4 Å². The van der Waals surface area contributed by atoms with Gasteiger partial charge in [0.2, 0.25) is 5.91 Å². The van der Waals surface area contributed by atoms with E-state index in [1.807, 2.05) is 23.6 Å². The average Bonchev–Trinajstić information content (AvgIpc) is 3.21. The molecule has 1 aromatic heterocycles. The van der Waals surface area contributed by atoms with Gasteiger partial charge in [0.05, 0.1) is 30.7 Å². The van der Waals surface area contributed by atoms with Gasteiger partial charge in [-0.05, 0) is 38.1 Å². The van der Waals surface area contributed by atoms with Crippen LogP contribution in [0.3, 0.4) is 0 Å². The van der Waals surface area contributed by atoms with Gasteiger partial charge < -0.3 is 19.5 Å². The maximum atomic E-state index is 13.9. The van der Waals surface area contributed by atoms with Gasteiger partial charge in [0.25, 0.3) is 0 Å². The number of thioether (sulfide) groups is 1. The first-order valence-electron chi connectivity index (χ1n) is 10.3. The number of aromatic nitrogens is 3. The van der Waals surface area contributed by atoms with Gasteiger partial charge in [0.15, 0.2) is 22.5 Å². The molecular weight excluding hydrogens is 447 g/mol. The van der Waals surface area contributed by atoms with E-state index in [-0.39, 0.29) is 24.3 Å². The Balaban J connectivity index is 1.75. The molecule has 0 aliphatic carbocycles. The molecule has 3 aromatic rings. The van der Waals surface area contributed by atoms with Gasteiger partial charge in [-0.1, -0.05) is 36.0 Å². The number of amides is 1. The maximum absolute atomic E-state index is 13.9. The van der Waals surface area contributed by atoms with E-state index in [0.29, 0.717) is 29.0 Å². The summed E-state index contributed by atoms with van der Waals surface area (Å²) < 4.78 is 32.0. The Morgan fingerprint density at radius 1 is 1.09 bits per heavy atom. The number of carbonyl (C=O) groups is 1. The highest BCUT2D eigenvalue weighted by atomic mass is 32.2. The summed E-state index contributed by atoms with van der Waals surface area (Å²) in [5.41, 5.74) is 0.589. The van der Waals surface area contributed by atoms with Crippen LogP contribution in [-0.4, -0.2) is 46.7 Å². The van der Waals surface area contributed by atoms with Crippen molar-refractivity contribution in [2.75, 3.05) is 26.1 Å². The number of halogens is 1. The van der Waals surface area contributed by atoms with Crippen molar-refractivity contribution in [2.24, 2.45) is 0 Å². The van der Waals surface area contributed by atoms with Crippen LogP contribution in [0.5, 0.6) is 11.5 Å². The second-order valence-corrected chi connectivity index (χ2v) is 8.55. The predicted octanol–water partition coefficient (Wildman–Crippen LogP) is 4.33. The van der Waals surface area contributed by atoms with Crippen LogP contribution in [-0.2, 0) is 16.1 Å². The van der Waals surface area contributed by atoms with Crippen molar-refractivity contribution in [2.45, 2.75) is 36.9 Å². The number of carbonyl (C=O) groups excluding carboxylic acids is 1. The van der Waals surface area contributed by atoms with E-state index in [1.54, 1.807) is 51.5 Å². The molecular formula is C23H27FN4O4S. The molecule has 3 rings (SSSR count).